The minimum absolute atomic E-state index is 0.115. The van der Waals surface area contributed by atoms with Gasteiger partial charge < -0.3 is 9.73 Å². The third-order valence-corrected chi connectivity index (χ3v) is 3.60. The molecular weight excluding hydrogens is 277 g/mol. The Morgan fingerprint density at radius 2 is 1.95 bits per heavy atom. The highest BCUT2D eigenvalue weighted by Gasteiger charge is 2.11. The van der Waals surface area contributed by atoms with Crippen molar-refractivity contribution < 1.29 is 8.81 Å². The van der Waals surface area contributed by atoms with Crippen LogP contribution in [0, 0.1) is 12.7 Å². The summed E-state index contributed by atoms with van der Waals surface area (Å²) in [5.41, 5.74) is 2.26. The fourth-order valence-corrected chi connectivity index (χ4v) is 2.44. The van der Waals surface area contributed by atoms with Gasteiger partial charge in [-0.05, 0) is 25.1 Å². The van der Waals surface area contributed by atoms with Gasteiger partial charge in [0.25, 0.3) is 0 Å². The van der Waals surface area contributed by atoms with Crippen LogP contribution in [-0.2, 0) is 6.54 Å². The highest BCUT2D eigenvalue weighted by atomic mass is 35.5. The van der Waals surface area contributed by atoms with Gasteiger partial charge in [0.2, 0.25) is 0 Å². The van der Waals surface area contributed by atoms with E-state index in [1.807, 2.05) is 31.2 Å². The van der Waals surface area contributed by atoms with Gasteiger partial charge in [0.15, 0.2) is 5.82 Å². The zero-order valence-electron chi connectivity index (χ0n) is 10.9. The second-order valence-corrected chi connectivity index (χ2v) is 5.00. The summed E-state index contributed by atoms with van der Waals surface area (Å²) in [6.45, 7) is 2.39. The summed E-state index contributed by atoms with van der Waals surface area (Å²) in [6.07, 6.45) is 0. The van der Waals surface area contributed by atoms with E-state index in [2.05, 4.69) is 5.32 Å². The molecule has 0 atom stereocenters. The summed E-state index contributed by atoms with van der Waals surface area (Å²) in [5, 5.41) is 4.23. The van der Waals surface area contributed by atoms with E-state index < -0.39 is 5.82 Å². The Labute approximate surface area is 121 Å². The van der Waals surface area contributed by atoms with Crippen molar-refractivity contribution in [3.63, 3.8) is 0 Å². The van der Waals surface area contributed by atoms with E-state index in [4.69, 9.17) is 16.0 Å². The summed E-state index contributed by atoms with van der Waals surface area (Å²) in [4.78, 5) is 0. The standard InChI is InChI=1S/C16H13ClFNO/c1-10-12(11-5-2-3-8-15(11)20-10)9-19-14-7-4-6-13(17)16(14)18/h2-8,19H,9H2,1H3. The lowest BCUT2D eigenvalue weighted by Crippen LogP contribution is -2.02. The minimum Gasteiger partial charge on any atom is -0.461 e. The van der Waals surface area contributed by atoms with Crippen LogP contribution in [0.5, 0.6) is 0 Å². The molecule has 1 aromatic heterocycles. The number of hydrogen-bond acceptors (Lipinski definition) is 2. The Morgan fingerprint density at radius 1 is 1.15 bits per heavy atom. The molecule has 0 aliphatic carbocycles. The van der Waals surface area contributed by atoms with E-state index >= 15 is 0 Å². The van der Waals surface area contributed by atoms with E-state index in [9.17, 15) is 4.39 Å². The average molecular weight is 290 g/mol. The van der Waals surface area contributed by atoms with Crippen LogP contribution < -0.4 is 5.32 Å². The van der Waals surface area contributed by atoms with Crippen molar-refractivity contribution in [2.75, 3.05) is 5.32 Å². The molecule has 0 saturated carbocycles. The molecule has 4 heteroatoms. The molecule has 1 N–H and O–H groups in total. The molecule has 0 unspecified atom stereocenters. The van der Waals surface area contributed by atoms with Crippen LogP contribution in [0.25, 0.3) is 11.0 Å². The number of benzene rings is 2. The summed E-state index contributed by atoms with van der Waals surface area (Å²) in [6, 6.07) is 12.7. The lowest BCUT2D eigenvalue weighted by atomic mass is 10.1. The number of furan rings is 1. The first kappa shape index (κ1) is 13.0. The fraction of sp³-hybridized carbons (Fsp3) is 0.125. The largest absolute Gasteiger partial charge is 0.461 e. The van der Waals surface area contributed by atoms with Gasteiger partial charge in [-0.3, -0.25) is 0 Å². The molecule has 1 heterocycles. The fourth-order valence-electron chi connectivity index (χ4n) is 2.26. The van der Waals surface area contributed by atoms with E-state index in [0.717, 1.165) is 22.3 Å². The Hall–Kier alpha value is -2.00. The summed E-state index contributed by atoms with van der Waals surface area (Å²) in [7, 11) is 0. The van der Waals surface area contributed by atoms with Gasteiger partial charge in [-0.15, -0.1) is 0 Å². The Kier molecular flexibility index (Phi) is 3.36. The quantitative estimate of drug-likeness (QED) is 0.721. The van der Waals surface area contributed by atoms with Gasteiger partial charge in [0.1, 0.15) is 11.3 Å². The molecule has 0 aliphatic rings. The lowest BCUT2D eigenvalue weighted by Gasteiger charge is -2.08. The molecule has 3 rings (SSSR count). The Bertz CT molecular complexity index is 766. The van der Waals surface area contributed by atoms with Gasteiger partial charge in [-0.1, -0.05) is 35.9 Å². The first-order chi connectivity index (χ1) is 9.66. The molecule has 0 saturated heterocycles. The van der Waals surface area contributed by atoms with Crippen molar-refractivity contribution in [3.8, 4) is 0 Å². The predicted molar refractivity (Wildman–Crippen MR) is 79.7 cm³/mol. The van der Waals surface area contributed by atoms with Crippen LogP contribution >= 0.6 is 11.6 Å². The Morgan fingerprint density at radius 3 is 2.80 bits per heavy atom. The van der Waals surface area contributed by atoms with Gasteiger partial charge in [-0.25, -0.2) is 4.39 Å². The van der Waals surface area contributed by atoms with Crippen molar-refractivity contribution in [1.29, 1.82) is 0 Å². The van der Waals surface area contributed by atoms with Crippen molar-refractivity contribution in [1.82, 2.24) is 0 Å². The molecule has 102 valence electrons. The van der Waals surface area contributed by atoms with E-state index in [1.54, 1.807) is 12.1 Å². The molecule has 0 radical (unpaired) electrons. The molecule has 0 amide bonds. The predicted octanol–water partition coefficient (Wildman–Crippen LogP) is 5.15. The maximum atomic E-state index is 13.8. The van der Waals surface area contributed by atoms with Gasteiger partial charge in [0.05, 0.1) is 10.7 Å². The Balaban J connectivity index is 1.90. The van der Waals surface area contributed by atoms with Crippen molar-refractivity contribution >= 4 is 28.3 Å². The normalized spacial score (nSPS) is 10.9. The van der Waals surface area contributed by atoms with Gasteiger partial charge in [0, 0.05) is 17.5 Å². The minimum atomic E-state index is -0.431. The first-order valence-corrected chi connectivity index (χ1v) is 6.69. The number of rotatable bonds is 3. The second-order valence-electron chi connectivity index (χ2n) is 4.59. The molecule has 0 bridgehead atoms. The van der Waals surface area contributed by atoms with Crippen molar-refractivity contribution in [2.24, 2.45) is 0 Å². The van der Waals surface area contributed by atoms with Crippen LogP contribution in [0.1, 0.15) is 11.3 Å². The van der Waals surface area contributed by atoms with Crippen LogP contribution in [0.15, 0.2) is 46.9 Å². The van der Waals surface area contributed by atoms with Crippen molar-refractivity contribution in [3.05, 3.63) is 64.6 Å². The molecule has 0 fully saturated rings. The van der Waals surface area contributed by atoms with Crippen LogP contribution in [-0.4, -0.2) is 0 Å². The van der Waals surface area contributed by atoms with Crippen molar-refractivity contribution in [2.45, 2.75) is 13.5 Å². The third-order valence-electron chi connectivity index (χ3n) is 3.31. The summed E-state index contributed by atoms with van der Waals surface area (Å²) >= 11 is 5.77. The van der Waals surface area contributed by atoms with E-state index in [-0.39, 0.29) is 5.02 Å². The van der Waals surface area contributed by atoms with E-state index in [0.29, 0.717) is 12.2 Å². The summed E-state index contributed by atoms with van der Waals surface area (Å²) < 4.78 is 19.5. The van der Waals surface area contributed by atoms with Crippen LogP contribution in [0.4, 0.5) is 10.1 Å². The lowest BCUT2D eigenvalue weighted by molar-refractivity contribution is 0.572. The van der Waals surface area contributed by atoms with Crippen LogP contribution in [0.3, 0.4) is 0 Å². The molecule has 2 nitrogen and oxygen atoms in total. The van der Waals surface area contributed by atoms with E-state index in [1.165, 1.54) is 6.07 Å². The highest BCUT2D eigenvalue weighted by Crippen LogP contribution is 2.27. The molecule has 20 heavy (non-hydrogen) atoms. The number of fused-ring (bicyclic) bond motifs is 1. The smallest absolute Gasteiger partial charge is 0.164 e. The topological polar surface area (TPSA) is 25.2 Å². The SMILES string of the molecule is Cc1oc2ccccc2c1CNc1cccc(Cl)c1F. The number of anilines is 1. The second kappa shape index (κ2) is 5.17. The molecule has 3 aromatic rings. The maximum Gasteiger partial charge on any atom is 0.164 e. The maximum absolute atomic E-state index is 13.8. The zero-order chi connectivity index (χ0) is 14.1. The molecule has 0 aliphatic heterocycles. The zero-order valence-corrected chi connectivity index (χ0v) is 11.7. The average Bonchev–Trinajstić information content (AvgIpc) is 2.76. The number of halogens is 2. The highest BCUT2D eigenvalue weighted by molar-refractivity contribution is 6.31. The molecule has 0 spiro atoms. The molecule has 2 aromatic carbocycles. The molecular formula is C16H13ClFNO. The van der Waals surface area contributed by atoms with Gasteiger partial charge >= 0.3 is 0 Å². The first-order valence-electron chi connectivity index (χ1n) is 6.31. The number of para-hydroxylation sites is 1. The van der Waals surface area contributed by atoms with Crippen LogP contribution in [0.2, 0.25) is 5.02 Å². The summed E-state index contributed by atoms with van der Waals surface area (Å²) in [5.74, 6) is 0.403. The van der Waals surface area contributed by atoms with Gasteiger partial charge in [-0.2, -0.15) is 0 Å². The number of nitrogens with one attached hydrogen (secondary N) is 1. The number of hydrogen-bond donors (Lipinski definition) is 1. The number of aryl methyl sites for hydroxylation is 1. The third kappa shape index (κ3) is 2.25. The monoisotopic (exact) mass is 289 g/mol.